The van der Waals surface area contributed by atoms with Gasteiger partial charge in [-0.25, -0.2) is 0 Å². The molecule has 1 N–H and O–H groups in total. The fourth-order valence-corrected chi connectivity index (χ4v) is 2.83. The number of hydrogen-bond acceptors (Lipinski definition) is 6. The second-order valence-corrected chi connectivity index (χ2v) is 5.99. The summed E-state index contributed by atoms with van der Waals surface area (Å²) in [5.74, 6) is 0.314. The lowest BCUT2D eigenvalue weighted by atomic mass is 10.2. The Kier molecular flexibility index (Phi) is 6.18. The molecule has 1 unspecified atom stereocenters. The van der Waals surface area contributed by atoms with Crippen LogP contribution in [0.3, 0.4) is 0 Å². The molecule has 0 bridgehead atoms. The van der Waals surface area contributed by atoms with E-state index >= 15 is 0 Å². The van der Waals surface area contributed by atoms with Crippen LogP contribution in [0.15, 0.2) is 18.2 Å². The number of nitrogens with zero attached hydrogens (tertiary/aromatic N) is 3. The van der Waals surface area contributed by atoms with E-state index in [-0.39, 0.29) is 16.7 Å². The second kappa shape index (κ2) is 8.12. The number of nitro groups is 1. The molecule has 7 heteroatoms. The van der Waals surface area contributed by atoms with Crippen molar-refractivity contribution < 1.29 is 9.66 Å². The van der Waals surface area contributed by atoms with E-state index in [0.29, 0.717) is 18.0 Å². The van der Waals surface area contributed by atoms with Gasteiger partial charge in [-0.3, -0.25) is 15.0 Å². The van der Waals surface area contributed by atoms with Gasteiger partial charge in [0.05, 0.1) is 11.5 Å². The number of hydrogen-bond donors (Lipinski definition) is 1. The van der Waals surface area contributed by atoms with Gasteiger partial charge in [-0.05, 0) is 33.0 Å². The summed E-state index contributed by atoms with van der Waals surface area (Å²) in [6, 6.07) is 5.27. The van der Waals surface area contributed by atoms with Crippen molar-refractivity contribution in [2.75, 3.05) is 51.7 Å². The normalized spacial score (nSPS) is 17.7. The summed E-state index contributed by atoms with van der Waals surface area (Å²) < 4.78 is 5.38. The number of benzene rings is 1. The van der Waals surface area contributed by atoms with Crippen molar-refractivity contribution >= 4 is 11.4 Å². The Bertz CT molecular complexity index is 530. The summed E-state index contributed by atoms with van der Waals surface area (Å²) in [5, 5.41) is 14.7. The molecule has 1 atom stereocenters. The second-order valence-electron chi connectivity index (χ2n) is 5.99. The zero-order chi connectivity index (χ0) is 16.8. The highest BCUT2D eigenvalue weighted by Gasteiger charge is 2.23. The minimum absolute atomic E-state index is 0.0135. The zero-order valence-corrected chi connectivity index (χ0v) is 14.1. The van der Waals surface area contributed by atoms with Crippen molar-refractivity contribution in [2.45, 2.75) is 19.9 Å². The van der Waals surface area contributed by atoms with E-state index < -0.39 is 0 Å². The van der Waals surface area contributed by atoms with E-state index in [1.165, 1.54) is 0 Å². The molecule has 1 fully saturated rings. The van der Waals surface area contributed by atoms with Crippen molar-refractivity contribution in [3.05, 3.63) is 28.3 Å². The van der Waals surface area contributed by atoms with Gasteiger partial charge in [-0.1, -0.05) is 6.07 Å². The zero-order valence-electron chi connectivity index (χ0n) is 14.1. The Morgan fingerprint density at radius 3 is 2.65 bits per heavy atom. The molecule has 23 heavy (non-hydrogen) atoms. The summed E-state index contributed by atoms with van der Waals surface area (Å²) in [5.41, 5.74) is 0.530. The summed E-state index contributed by atoms with van der Waals surface area (Å²) in [6.45, 7) is 9.33. The van der Waals surface area contributed by atoms with Crippen LogP contribution in [0.1, 0.15) is 13.8 Å². The van der Waals surface area contributed by atoms with Gasteiger partial charge < -0.3 is 15.0 Å². The molecule has 0 saturated carbocycles. The summed E-state index contributed by atoms with van der Waals surface area (Å²) in [7, 11) is 2.13. The summed E-state index contributed by atoms with van der Waals surface area (Å²) >= 11 is 0. The van der Waals surface area contributed by atoms with Gasteiger partial charge in [0, 0.05) is 38.8 Å². The number of ether oxygens (including phenoxy) is 1. The Morgan fingerprint density at radius 2 is 2.04 bits per heavy atom. The Balaban J connectivity index is 2.03. The first-order valence-corrected chi connectivity index (χ1v) is 8.09. The molecule has 0 radical (unpaired) electrons. The molecule has 2 rings (SSSR count). The van der Waals surface area contributed by atoms with E-state index in [9.17, 15) is 10.1 Å². The van der Waals surface area contributed by atoms with Crippen molar-refractivity contribution in [2.24, 2.45) is 0 Å². The Hall–Kier alpha value is -1.86. The number of para-hydroxylation sites is 1. The minimum Gasteiger partial charge on any atom is -0.487 e. The van der Waals surface area contributed by atoms with Crippen LogP contribution in [0.2, 0.25) is 0 Å². The maximum absolute atomic E-state index is 11.4. The predicted molar refractivity (Wildman–Crippen MR) is 91.3 cm³/mol. The number of nitro benzene ring substituents is 1. The van der Waals surface area contributed by atoms with E-state index in [1.54, 1.807) is 18.2 Å². The third-order valence-electron chi connectivity index (χ3n) is 4.01. The summed E-state index contributed by atoms with van der Waals surface area (Å²) in [4.78, 5) is 15.7. The number of rotatable bonds is 7. The van der Waals surface area contributed by atoms with Crippen LogP contribution in [0, 0.1) is 10.1 Å². The van der Waals surface area contributed by atoms with Crippen molar-refractivity contribution in [3.8, 4) is 5.75 Å². The lowest BCUT2D eigenvalue weighted by Gasteiger charge is -2.34. The van der Waals surface area contributed by atoms with Crippen LogP contribution in [0.25, 0.3) is 0 Å². The number of piperazine rings is 1. The monoisotopic (exact) mass is 322 g/mol. The minimum atomic E-state index is -0.379. The molecule has 7 nitrogen and oxygen atoms in total. The van der Waals surface area contributed by atoms with Crippen LogP contribution in [-0.2, 0) is 0 Å². The standard InChI is InChI=1S/C16H26N4O3/c1-4-23-15-7-5-6-14(16(15)20(21)22)17-13(2)12-19-10-8-18(3)9-11-19/h5-7,13,17H,4,8-12H2,1-3H3. The quantitative estimate of drug-likeness (QED) is 0.612. The van der Waals surface area contributed by atoms with Gasteiger partial charge >= 0.3 is 5.69 Å². The summed E-state index contributed by atoms with van der Waals surface area (Å²) in [6.07, 6.45) is 0. The molecular weight excluding hydrogens is 296 g/mol. The molecular formula is C16H26N4O3. The van der Waals surface area contributed by atoms with Gasteiger partial charge in [0.2, 0.25) is 0 Å². The molecule has 1 aliphatic rings. The smallest absolute Gasteiger partial charge is 0.333 e. The fourth-order valence-electron chi connectivity index (χ4n) is 2.83. The Morgan fingerprint density at radius 1 is 1.35 bits per heavy atom. The highest BCUT2D eigenvalue weighted by molar-refractivity contribution is 5.68. The molecule has 0 amide bonds. The van der Waals surface area contributed by atoms with Gasteiger partial charge in [0.25, 0.3) is 0 Å². The molecule has 1 saturated heterocycles. The number of likely N-dealkylation sites (N-methyl/N-ethyl adjacent to an activating group) is 1. The average Bonchev–Trinajstić information content (AvgIpc) is 2.50. The van der Waals surface area contributed by atoms with E-state index in [4.69, 9.17) is 4.74 Å². The largest absolute Gasteiger partial charge is 0.487 e. The lowest BCUT2D eigenvalue weighted by Crippen LogP contribution is -2.47. The molecule has 0 aliphatic carbocycles. The van der Waals surface area contributed by atoms with Crippen molar-refractivity contribution in [1.29, 1.82) is 0 Å². The first-order chi connectivity index (χ1) is 11.0. The van der Waals surface area contributed by atoms with Crippen molar-refractivity contribution in [1.82, 2.24) is 9.80 Å². The van der Waals surface area contributed by atoms with E-state index in [0.717, 1.165) is 32.7 Å². The fraction of sp³-hybridized carbons (Fsp3) is 0.625. The molecule has 1 aromatic rings. The van der Waals surface area contributed by atoms with Crippen molar-refractivity contribution in [3.63, 3.8) is 0 Å². The SMILES string of the molecule is CCOc1cccc(NC(C)CN2CCN(C)CC2)c1[N+](=O)[O-]. The molecule has 0 aromatic heterocycles. The first kappa shape index (κ1) is 17.5. The van der Waals surface area contributed by atoms with Crippen LogP contribution < -0.4 is 10.1 Å². The van der Waals surface area contributed by atoms with E-state index in [2.05, 4.69) is 29.1 Å². The topological polar surface area (TPSA) is 70.9 Å². The third-order valence-corrected chi connectivity index (χ3v) is 4.01. The van der Waals surface area contributed by atoms with Gasteiger partial charge in [0.1, 0.15) is 5.69 Å². The van der Waals surface area contributed by atoms with Crippen LogP contribution in [0.5, 0.6) is 5.75 Å². The van der Waals surface area contributed by atoms with Crippen LogP contribution in [0.4, 0.5) is 11.4 Å². The maximum Gasteiger partial charge on any atom is 0.333 e. The molecule has 1 heterocycles. The third kappa shape index (κ3) is 4.80. The lowest BCUT2D eigenvalue weighted by molar-refractivity contribution is -0.385. The molecule has 1 aliphatic heterocycles. The maximum atomic E-state index is 11.4. The average molecular weight is 322 g/mol. The highest BCUT2D eigenvalue weighted by atomic mass is 16.6. The van der Waals surface area contributed by atoms with Gasteiger partial charge in [-0.15, -0.1) is 0 Å². The predicted octanol–water partition coefficient (Wildman–Crippen LogP) is 2.04. The van der Waals surface area contributed by atoms with Crippen LogP contribution in [-0.4, -0.2) is 67.1 Å². The molecule has 1 aromatic carbocycles. The van der Waals surface area contributed by atoms with Crippen LogP contribution >= 0.6 is 0 Å². The van der Waals surface area contributed by atoms with E-state index in [1.807, 2.05) is 6.92 Å². The first-order valence-electron chi connectivity index (χ1n) is 8.09. The molecule has 128 valence electrons. The number of anilines is 1. The van der Waals surface area contributed by atoms with Gasteiger partial charge in [0.15, 0.2) is 5.75 Å². The number of nitrogens with one attached hydrogen (secondary N) is 1. The Labute approximate surface area is 137 Å². The van der Waals surface area contributed by atoms with Gasteiger partial charge in [-0.2, -0.15) is 0 Å². The molecule has 0 spiro atoms. The highest BCUT2D eigenvalue weighted by Crippen LogP contribution is 2.35.